The maximum atomic E-state index is 10.6. The standard InChI is InChI=1S/C10H15N5O2/c1-13-4-6-14(7-5-13)12-10-8-9(15(16)17)2-3-11-10/h2-3,8H,4-7H2,1H3,(H,11,12). The highest BCUT2D eigenvalue weighted by Crippen LogP contribution is 2.15. The predicted molar refractivity (Wildman–Crippen MR) is 63.6 cm³/mol. The zero-order valence-electron chi connectivity index (χ0n) is 9.67. The van der Waals surface area contributed by atoms with E-state index in [0.717, 1.165) is 26.2 Å². The normalized spacial score (nSPS) is 17.9. The summed E-state index contributed by atoms with van der Waals surface area (Å²) in [5, 5.41) is 12.6. The monoisotopic (exact) mass is 237 g/mol. The summed E-state index contributed by atoms with van der Waals surface area (Å²) in [6.45, 7) is 3.70. The van der Waals surface area contributed by atoms with Crippen molar-refractivity contribution in [1.82, 2.24) is 14.9 Å². The summed E-state index contributed by atoms with van der Waals surface area (Å²) in [4.78, 5) is 16.5. The van der Waals surface area contributed by atoms with Gasteiger partial charge in [0.05, 0.1) is 11.0 Å². The molecule has 1 fully saturated rings. The van der Waals surface area contributed by atoms with Crippen LogP contribution in [0.2, 0.25) is 0 Å². The van der Waals surface area contributed by atoms with Crippen LogP contribution >= 0.6 is 0 Å². The molecule has 0 spiro atoms. The Bertz CT molecular complexity index is 403. The molecule has 0 radical (unpaired) electrons. The first kappa shape index (κ1) is 11.7. The van der Waals surface area contributed by atoms with Crippen molar-refractivity contribution in [1.29, 1.82) is 0 Å². The molecule has 7 heteroatoms. The molecule has 92 valence electrons. The van der Waals surface area contributed by atoms with Gasteiger partial charge < -0.3 is 10.3 Å². The fraction of sp³-hybridized carbons (Fsp3) is 0.500. The molecule has 0 aromatic carbocycles. The van der Waals surface area contributed by atoms with E-state index in [1.807, 2.05) is 5.01 Å². The van der Waals surface area contributed by atoms with Gasteiger partial charge in [-0.3, -0.25) is 10.1 Å². The van der Waals surface area contributed by atoms with Crippen LogP contribution in [-0.2, 0) is 0 Å². The topological polar surface area (TPSA) is 74.5 Å². The predicted octanol–water partition coefficient (Wildman–Crippen LogP) is 0.564. The molecule has 1 aliphatic rings. The number of aromatic nitrogens is 1. The average molecular weight is 237 g/mol. The number of hydrogen-bond acceptors (Lipinski definition) is 6. The van der Waals surface area contributed by atoms with Crippen LogP contribution in [0.5, 0.6) is 0 Å². The van der Waals surface area contributed by atoms with Gasteiger partial charge in [-0.1, -0.05) is 0 Å². The summed E-state index contributed by atoms with van der Waals surface area (Å²) in [5.74, 6) is 0.517. The largest absolute Gasteiger partial charge is 0.304 e. The van der Waals surface area contributed by atoms with E-state index in [-0.39, 0.29) is 5.69 Å². The average Bonchev–Trinajstić information content (AvgIpc) is 2.32. The molecule has 17 heavy (non-hydrogen) atoms. The van der Waals surface area contributed by atoms with Crippen LogP contribution in [-0.4, -0.2) is 53.0 Å². The summed E-state index contributed by atoms with van der Waals surface area (Å²) in [7, 11) is 2.07. The number of hydrogen-bond donors (Lipinski definition) is 1. The minimum Gasteiger partial charge on any atom is -0.304 e. The number of anilines is 1. The molecule has 7 nitrogen and oxygen atoms in total. The van der Waals surface area contributed by atoms with Gasteiger partial charge in [-0.05, 0) is 7.05 Å². The first-order valence-corrected chi connectivity index (χ1v) is 5.46. The Kier molecular flexibility index (Phi) is 3.50. The van der Waals surface area contributed by atoms with E-state index >= 15 is 0 Å². The lowest BCUT2D eigenvalue weighted by atomic mass is 10.4. The van der Waals surface area contributed by atoms with Crippen molar-refractivity contribution in [3.05, 3.63) is 28.4 Å². The molecule has 0 bridgehead atoms. The number of nitrogens with zero attached hydrogens (tertiary/aromatic N) is 4. The molecule has 2 heterocycles. The molecule has 0 saturated carbocycles. The van der Waals surface area contributed by atoms with E-state index in [1.165, 1.54) is 18.3 Å². The Balaban J connectivity index is 1.98. The quantitative estimate of drug-likeness (QED) is 0.611. The SMILES string of the molecule is CN1CCN(Nc2cc([N+](=O)[O-])ccn2)CC1. The number of rotatable bonds is 3. The van der Waals surface area contributed by atoms with Gasteiger partial charge in [0.15, 0.2) is 0 Å². The van der Waals surface area contributed by atoms with Gasteiger partial charge in [-0.2, -0.15) is 0 Å². The van der Waals surface area contributed by atoms with Crippen LogP contribution in [0.15, 0.2) is 18.3 Å². The minimum absolute atomic E-state index is 0.0524. The lowest BCUT2D eigenvalue weighted by molar-refractivity contribution is -0.384. The number of pyridine rings is 1. The number of hydrazine groups is 1. The molecule has 1 saturated heterocycles. The van der Waals surface area contributed by atoms with E-state index in [0.29, 0.717) is 5.82 Å². The lowest BCUT2D eigenvalue weighted by Gasteiger charge is -2.32. The molecular formula is C10H15N5O2. The zero-order valence-corrected chi connectivity index (χ0v) is 9.67. The number of piperazine rings is 1. The van der Waals surface area contributed by atoms with E-state index in [2.05, 4.69) is 22.4 Å². The van der Waals surface area contributed by atoms with Crippen molar-refractivity contribution in [3.63, 3.8) is 0 Å². The number of likely N-dealkylation sites (N-methyl/N-ethyl adjacent to an activating group) is 1. The third kappa shape index (κ3) is 3.11. The fourth-order valence-electron chi connectivity index (χ4n) is 1.67. The van der Waals surface area contributed by atoms with E-state index in [4.69, 9.17) is 0 Å². The maximum Gasteiger partial charge on any atom is 0.274 e. The zero-order chi connectivity index (χ0) is 12.3. The highest BCUT2D eigenvalue weighted by Gasteiger charge is 2.14. The van der Waals surface area contributed by atoms with E-state index in [9.17, 15) is 10.1 Å². The Morgan fingerprint density at radius 2 is 2.12 bits per heavy atom. The third-order valence-electron chi connectivity index (χ3n) is 2.73. The van der Waals surface area contributed by atoms with Crippen LogP contribution in [0.1, 0.15) is 0 Å². The van der Waals surface area contributed by atoms with Crippen molar-refractivity contribution in [2.45, 2.75) is 0 Å². The summed E-state index contributed by atoms with van der Waals surface area (Å²) in [6.07, 6.45) is 1.44. The first-order valence-electron chi connectivity index (χ1n) is 5.46. The van der Waals surface area contributed by atoms with Crippen LogP contribution < -0.4 is 5.43 Å². The molecule has 1 aromatic rings. The molecule has 0 aliphatic carbocycles. The Hall–Kier alpha value is -1.73. The molecule has 2 rings (SSSR count). The summed E-state index contributed by atoms with van der Waals surface area (Å²) in [5.41, 5.74) is 3.14. The second kappa shape index (κ2) is 5.07. The van der Waals surface area contributed by atoms with Crippen molar-refractivity contribution in [3.8, 4) is 0 Å². The molecule has 1 aromatic heterocycles. The van der Waals surface area contributed by atoms with Crippen molar-refractivity contribution >= 4 is 11.5 Å². The molecule has 0 atom stereocenters. The molecule has 1 N–H and O–H groups in total. The Morgan fingerprint density at radius 3 is 2.76 bits per heavy atom. The highest BCUT2D eigenvalue weighted by molar-refractivity contribution is 5.43. The lowest BCUT2D eigenvalue weighted by Crippen LogP contribution is -2.47. The van der Waals surface area contributed by atoms with Gasteiger partial charge in [0, 0.05) is 38.4 Å². The third-order valence-corrected chi connectivity index (χ3v) is 2.73. The van der Waals surface area contributed by atoms with Gasteiger partial charge >= 0.3 is 0 Å². The molecular weight excluding hydrogens is 222 g/mol. The van der Waals surface area contributed by atoms with Crippen LogP contribution in [0.25, 0.3) is 0 Å². The van der Waals surface area contributed by atoms with Crippen LogP contribution in [0, 0.1) is 10.1 Å². The maximum absolute atomic E-state index is 10.6. The van der Waals surface area contributed by atoms with Gasteiger partial charge in [0.25, 0.3) is 5.69 Å². The summed E-state index contributed by atoms with van der Waals surface area (Å²) < 4.78 is 0. The van der Waals surface area contributed by atoms with Crippen LogP contribution in [0.4, 0.5) is 11.5 Å². The van der Waals surface area contributed by atoms with Crippen molar-refractivity contribution in [2.24, 2.45) is 0 Å². The minimum atomic E-state index is -0.420. The van der Waals surface area contributed by atoms with Crippen molar-refractivity contribution < 1.29 is 4.92 Å². The van der Waals surface area contributed by atoms with Gasteiger partial charge in [0.1, 0.15) is 5.82 Å². The Morgan fingerprint density at radius 1 is 1.41 bits per heavy atom. The number of nitrogens with one attached hydrogen (secondary N) is 1. The van der Waals surface area contributed by atoms with Crippen LogP contribution in [0.3, 0.4) is 0 Å². The second-order valence-electron chi connectivity index (χ2n) is 4.06. The van der Waals surface area contributed by atoms with Gasteiger partial charge in [0.2, 0.25) is 0 Å². The molecule has 0 amide bonds. The summed E-state index contributed by atoms with van der Waals surface area (Å²) >= 11 is 0. The second-order valence-corrected chi connectivity index (χ2v) is 4.06. The molecule has 0 unspecified atom stereocenters. The first-order chi connectivity index (χ1) is 8.15. The highest BCUT2D eigenvalue weighted by atomic mass is 16.6. The van der Waals surface area contributed by atoms with Crippen molar-refractivity contribution in [2.75, 3.05) is 38.7 Å². The molecule has 1 aliphatic heterocycles. The summed E-state index contributed by atoms with van der Waals surface area (Å²) in [6, 6.07) is 2.83. The van der Waals surface area contributed by atoms with E-state index < -0.39 is 4.92 Å². The fourth-order valence-corrected chi connectivity index (χ4v) is 1.67. The number of nitro groups is 1. The van der Waals surface area contributed by atoms with Gasteiger partial charge in [-0.25, -0.2) is 9.99 Å². The Labute approximate surface area is 99.2 Å². The van der Waals surface area contributed by atoms with Gasteiger partial charge in [-0.15, -0.1) is 0 Å². The van der Waals surface area contributed by atoms with E-state index in [1.54, 1.807) is 0 Å². The smallest absolute Gasteiger partial charge is 0.274 e.